The summed E-state index contributed by atoms with van der Waals surface area (Å²) >= 11 is 1.13. The Kier molecular flexibility index (Phi) is 6.90. The zero-order valence-electron chi connectivity index (χ0n) is 10.5. The Balaban J connectivity index is 2.12. The molecule has 0 radical (unpaired) electrons. The minimum atomic E-state index is -0.288. The maximum atomic E-state index is 11.4. The average Bonchev–Trinajstić information content (AvgIpc) is 2.89. The van der Waals surface area contributed by atoms with Crippen molar-refractivity contribution in [1.82, 2.24) is 15.5 Å². The molecule has 0 saturated heterocycles. The van der Waals surface area contributed by atoms with Crippen LogP contribution in [-0.4, -0.2) is 41.5 Å². The predicted molar refractivity (Wildman–Crippen MR) is 67.2 cm³/mol. The predicted octanol–water partition coefficient (Wildman–Crippen LogP) is -0.310. The second-order valence-corrected chi connectivity index (χ2v) is 4.41. The van der Waals surface area contributed by atoms with Gasteiger partial charge in [-0.25, -0.2) is 0 Å². The number of thioether (sulfide) groups is 1. The van der Waals surface area contributed by atoms with Crippen molar-refractivity contribution >= 4 is 23.6 Å². The Bertz CT molecular complexity index is 423. The highest BCUT2D eigenvalue weighted by Crippen LogP contribution is 2.15. The van der Waals surface area contributed by atoms with Crippen molar-refractivity contribution in [3.05, 3.63) is 5.89 Å². The number of rotatable bonds is 8. The quantitative estimate of drug-likeness (QED) is 0.379. The third kappa shape index (κ3) is 6.20. The van der Waals surface area contributed by atoms with Gasteiger partial charge >= 0.3 is 5.97 Å². The van der Waals surface area contributed by atoms with Crippen LogP contribution in [0.4, 0.5) is 0 Å². The molecule has 0 spiro atoms. The summed E-state index contributed by atoms with van der Waals surface area (Å²) in [7, 11) is 1.33. The molecule has 0 bridgehead atoms. The molecular formula is C10H16N4O4S. The van der Waals surface area contributed by atoms with Crippen LogP contribution in [0.5, 0.6) is 0 Å². The number of hydrogen-bond acceptors (Lipinski definition) is 8. The van der Waals surface area contributed by atoms with Gasteiger partial charge in [-0.2, -0.15) is 0 Å². The van der Waals surface area contributed by atoms with Crippen molar-refractivity contribution < 1.29 is 18.7 Å². The largest absolute Gasteiger partial charge is 0.469 e. The number of aromatic nitrogens is 2. The smallest absolute Gasteiger partial charge is 0.305 e. The summed E-state index contributed by atoms with van der Waals surface area (Å²) in [5.74, 6) is 0.0527. The molecule has 3 N–H and O–H groups in total. The van der Waals surface area contributed by atoms with Gasteiger partial charge in [0.1, 0.15) is 0 Å². The van der Waals surface area contributed by atoms with Crippen LogP contribution in [-0.2, 0) is 20.9 Å². The zero-order valence-corrected chi connectivity index (χ0v) is 11.4. The lowest BCUT2D eigenvalue weighted by Gasteiger charge is -2.03. The summed E-state index contributed by atoms with van der Waals surface area (Å²) in [5.41, 5.74) is 5.31. The Morgan fingerprint density at radius 2 is 2.26 bits per heavy atom. The molecular weight excluding hydrogens is 272 g/mol. The molecule has 19 heavy (non-hydrogen) atoms. The lowest BCUT2D eigenvalue weighted by atomic mass is 10.3. The van der Waals surface area contributed by atoms with Crippen LogP contribution >= 0.6 is 11.8 Å². The van der Waals surface area contributed by atoms with E-state index in [1.54, 1.807) is 0 Å². The van der Waals surface area contributed by atoms with Crippen molar-refractivity contribution in [2.75, 3.05) is 19.4 Å². The van der Waals surface area contributed by atoms with Gasteiger partial charge in [-0.05, 0) is 6.42 Å². The van der Waals surface area contributed by atoms with Crippen molar-refractivity contribution in [2.24, 2.45) is 5.73 Å². The fraction of sp³-hybridized carbons (Fsp3) is 0.600. The van der Waals surface area contributed by atoms with Crippen LogP contribution in [0, 0.1) is 0 Å². The molecule has 1 heterocycles. The Hall–Kier alpha value is -1.61. The lowest BCUT2D eigenvalue weighted by Crippen LogP contribution is -2.26. The van der Waals surface area contributed by atoms with Gasteiger partial charge in [0.25, 0.3) is 5.22 Å². The molecule has 0 saturated carbocycles. The van der Waals surface area contributed by atoms with Crippen LogP contribution in [0.1, 0.15) is 18.7 Å². The first-order valence-electron chi connectivity index (χ1n) is 5.64. The molecule has 1 rings (SSSR count). The van der Waals surface area contributed by atoms with Crippen LogP contribution in [0.15, 0.2) is 9.64 Å². The molecule has 0 aliphatic heterocycles. The van der Waals surface area contributed by atoms with E-state index in [0.29, 0.717) is 24.1 Å². The number of nitrogens with one attached hydrogen (secondary N) is 1. The third-order valence-electron chi connectivity index (χ3n) is 2.06. The maximum absolute atomic E-state index is 11.4. The summed E-state index contributed by atoms with van der Waals surface area (Å²) in [4.78, 5) is 22.3. The molecule has 9 heteroatoms. The molecule has 0 aliphatic carbocycles. The molecule has 8 nitrogen and oxygen atoms in total. The SMILES string of the molecule is COC(=O)CCCNC(=O)CSc1nnc(CN)o1. The van der Waals surface area contributed by atoms with Gasteiger partial charge in [-0.1, -0.05) is 11.8 Å². The summed E-state index contributed by atoms with van der Waals surface area (Å²) in [6.07, 6.45) is 0.828. The van der Waals surface area contributed by atoms with Gasteiger partial charge in [0.2, 0.25) is 11.8 Å². The third-order valence-corrected chi connectivity index (χ3v) is 2.88. The van der Waals surface area contributed by atoms with Gasteiger partial charge in [-0.15, -0.1) is 10.2 Å². The van der Waals surface area contributed by atoms with Crippen molar-refractivity contribution in [3.63, 3.8) is 0 Å². The highest BCUT2D eigenvalue weighted by Gasteiger charge is 2.08. The van der Waals surface area contributed by atoms with Crippen molar-refractivity contribution in [2.45, 2.75) is 24.6 Å². The van der Waals surface area contributed by atoms with E-state index >= 15 is 0 Å². The Morgan fingerprint density at radius 1 is 1.47 bits per heavy atom. The summed E-state index contributed by atoms with van der Waals surface area (Å²) < 4.78 is 9.61. The summed E-state index contributed by atoms with van der Waals surface area (Å²) in [6, 6.07) is 0. The van der Waals surface area contributed by atoms with Gasteiger partial charge < -0.3 is 20.2 Å². The van der Waals surface area contributed by atoms with E-state index in [-0.39, 0.29) is 30.6 Å². The number of carbonyl (C=O) groups excluding carboxylic acids is 2. The minimum Gasteiger partial charge on any atom is -0.469 e. The van der Waals surface area contributed by atoms with E-state index in [4.69, 9.17) is 10.2 Å². The first kappa shape index (κ1) is 15.4. The molecule has 1 aromatic rings. The van der Waals surface area contributed by atoms with Gasteiger partial charge in [0.15, 0.2) is 0 Å². The number of nitrogens with zero attached hydrogens (tertiary/aromatic N) is 2. The van der Waals surface area contributed by atoms with Crippen LogP contribution in [0.2, 0.25) is 0 Å². The number of esters is 1. The molecule has 1 aromatic heterocycles. The monoisotopic (exact) mass is 288 g/mol. The molecule has 0 unspecified atom stereocenters. The topological polar surface area (TPSA) is 120 Å². The van der Waals surface area contributed by atoms with Crippen molar-refractivity contribution in [1.29, 1.82) is 0 Å². The van der Waals surface area contributed by atoms with E-state index in [2.05, 4.69) is 20.3 Å². The minimum absolute atomic E-state index is 0.164. The normalized spacial score (nSPS) is 10.2. The number of ether oxygens (including phenoxy) is 1. The Labute approximate surface area is 114 Å². The molecule has 0 aromatic carbocycles. The number of methoxy groups -OCH3 is 1. The van der Waals surface area contributed by atoms with Crippen LogP contribution < -0.4 is 11.1 Å². The lowest BCUT2D eigenvalue weighted by molar-refractivity contribution is -0.140. The van der Waals surface area contributed by atoms with E-state index in [1.807, 2.05) is 0 Å². The highest BCUT2D eigenvalue weighted by atomic mass is 32.2. The van der Waals surface area contributed by atoms with E-state index < -0.39 is 0 Å². The zero-order chi connectivity index (χ0) is 14.1. The van der Waals surface area contributed by atoms with E-state index in [1.165, 1.54) is 7.11 Å². The van der Waals surface area contributed by atoms with Gasteiger partial charge in [-0.3, -0.25) is 9.59 Å². The van der Waals surface area contributed by atoms with Crippen molar-refractivity contribution in [3.8, 4) is 0 Å². The van der Waals surface area contributed by atoms with Gasteiger partial charge in [0, 0.05) is 13.0 Å². The van der Waals surface area contributed by atoms with Crippen LogP contribution in [0.3, 0.4) is 0 Å². The first-order chi connectivity index (χ1) is 9.15. The highest BCUT2D eigenvalue weighted by molar-refractivity contribution is 7.99. The molecule has 0 aliphatic rings. The maximum Gasteiger partial charge on any atom is 0.305 e. The molecule has 0 fully saturated rings. The van der Waals surface area contributed by atoms with E-state index in [0.717, 1.165) is 11.8 Å². The molecule has 1 amide bonds. The molecule has 106 valence electrons. The van der Waals surface area contributed by atoms with Crippen LogP contribution in [0.25, 0.3) is 0 Å². The number of amides is 1. The second kappa shape index (κ2) is 8.48. The average molecular weight is 288 g/mol. The Morgan fingerprint density at radius 3 is 2.89 bits per heavy atom. The second-order valence-electron chi connectivity index (χ2n) is 3.48. The van der Waals surface area contributed by atoms with E-state index in [9.17, 15) is 9.59 Å². The first-order valence-corrected chi connectivity index (χ1v) is 6.63. The number of nitrogens with two attached hydrogens (primary N) is 1. The summed E-state index contributed by atoms with van der Waals surface area (Å²) in [5, 5.41) is 10.4. The summed E-state index contributed by atoms with van der Waals surface area (Å²) in [6.45, 7) is 0.597. The standard InChI is InChI=1S/C10H16N4O4S/c1-17-9(16)3-2-4-12-7(15)6-19-10-14-13-8(5-11)18-10/h2-6,11H2,1H3,(H,12,15). The fourth-order valence-corrected chi connectivity index (χ4v) is 1.73. The number of hydrogen-bond donors (Lipinski definition) is 2. The fourth-order valence-electron chi connectivity index (χ4n) is 1.12. The number of carbonyl (C=O) groups is 2. The molecule has 0 atom stereocenters. The van der Waals surface area contributed by atoms with Gasteiger partial charge in [0.05, 0.1) is 19.4 Å².